The van der Waals surface area contributed by atoms with Gasteiger partial charge >= 0.3 is 0 Å². The monoisotopic (exact) mass is 439 g/mol. The molecular weight excluding hydrogens is 422 g/mol. The highest BCUT2D eigenvalue weighted by molar-refractivity contribution is 9.10. The van der Waals surface area contributed by atoms with Gasteiger partial charge in [-0.1, -0.05) is 25.4 Å². The van der Waals surface area contributed by atoms with Crippen molar-refractivity contribution in [2.24, 2.45) is 5.41 Å². The van der Waals surface area contributed by atoms with Crippen molar-refractivity contribution >= 4 is 45.1 Å². The summed E-state index contributed by atoms with van der Waals surface area (Å²) in [5.41, 5.74) is 3.34. The quantitative estimate of drug-likeness (QED) is 0.606. The van der Waals surface area contributed by atoms with Crippen molar-refractivity contribution in [2.45, 2.75) is 39.0 Å². The third-order valence-corrected chi connectivity index (χ3v) is 7.34. The van der Waals surface area contributed by atoms with Gasteiger partial charge in [0, 0.05) is 43.6 Å². The maximum Gasteiger partial charge on any atom is 0.167 e. The van der Waals surface area contributed by atoms with Crippen LogP contribution in [0.4, 0.5) is 0 Å². The van der Waals surface area contributed by atoms with Gasteiger partial charge in [-0.15, -0.1) is 11.8 Å². The number of carbonyl (C=O) groups is 1. The average molecular weight is 441 g/mol. The lowest BCUT2D eigenvalue weighted by molar-refractivity contribution is -0.124. The molecule has 2 N–H and O–H groups in total. The molecule has 1 aromatic carbocycles. The van der Waals surface area contributed by atoms with E-state index in [9.17, 15) is 9.90 Å². The molecular formula is C19H19BrClNO2S. The summed E-state index contributed by atoms with van der Waals surface area (Å²) in [6.07, 6.45) is 2.66. The predicted molar refractivity (Wildman–Crippen MR) is 106 cm³/mol. The third kappa shape index (κ3) is 2.75. The maximum atomic E-state index is 13.3. The van der Waals surface area contributed by atoms with Gasteiger partial charge in [-0.2, -0.15) is 0 Å². The lowest BCUT2D eigenvalue weighted by Gasteiger charge is -2.39. The van der Waals surface area contributed by atoms with Crippen LogP contribution in [0.3, 0.4) is 0 Å². The maximum absolute atomic E-state index is 13.3. The fraction of sp³-hybridized carbons (Fsp3) is 0.421. The van der Waals surface area contributed by atoms with Crippen LogP contribution in [0.2, 0.25) is 5.02 Å². The van der Waals surface area contributed by atoms with E-state index < -0.39 is 0 Å². The van der Waals surface area contributed by atoms with Crippen LogP contribution in [0.1, 0.15) is 44.6 Å². The Hall–Kier alpha value is -0.910. The molecule has 0 saturated carbocycles. The molecule has 1 aromatic rings. The van der Waals surface area contributed by atoms with Gasteiger partial charge in [0.05, 0.1) is 10.4 Å². The molecule has 1 aliphatic carbocycles. The van der Waals surface area contributed by atoms with Gasteiger partial charge in [0.25, 0.3) is 0 Å². The van der Waals surface area contributed by atoms with E-state index in [0.717, 1.165) is 41.2 Å². The van der Waals surface area contributed by atoms with Crippen LogP contribution in [-0.4, -0.2) is 16.6 Å². The zero-order valence-corrected chi connectivity index (χ0v) is 17.2. The molecule has 3 nitrogen and oxygen atoms in total. The molecule has 4 rings (SSSR count). The molecule has 0 amide bonds. The predicted octanol–water partition coefficient (Wildman–Crippen LogP) is 5.49. The van der Waals surface area contributed by atoms with Crippen molar-refractivity contribution in [1.29, 1.82) is 0 Å². The molecule has 3 aliphatic rings. The number of Topliss-reactive ketones (excluding diaryl/α,β-unsaturated/α-hetero) is 1. The van der Waals surface area contributed by atoms with Gasteiger partial charge < -0.3 is 10.4 Å². The number of allylic oxidation sites excluding steroid dienone is 4. The smallest absolute Gasteiger partial charge is 0.167 e. The second-order valence-electron chi connectivity index (χ2n) is 7.43. The SMILES string of the molecule is CC1(C)CCC2=C(C1=O)C(c1cc(Cl)cc(Br)c1O)C1=C(CCS1)N2. The Morgan fingerprint density at radius 3 is 2.84 bits per heavy atom. The molecule has 0 saturated heterocycles. The Morgan fingerprint density at radius 1 is 1.32 bits per heavy atom. The molecule has 1 atom stereocenters. The molecule has 25 heavy (non-hydrogen) atoms. The number of ketones is 1. The number of nitrogens with one attached hydrogen (secondary N) is 1. The van der Waals surface area contributed by atoms with Crippen molar-refractivity contribution < 1.29 is 9.90 Å². The summed E-state index contributed by atoms with van der Waals surface area (Å²) < 4.78 is 0.559. The van der Waals surface area contributed by atoms with Gasteiger partial charge in [0.15, 0.2) is 5.78 Å². The highest BCUT2D eigenvalue weighted by atomic mass is 79.9. The van der Waals surface area contributed by atoms with Gasteiger partial charge in [-0.25, -0.2) is 0 Å². The molecule has 0 radical (unpaired) electrons. The first-order chi connectivity index (χ1) is 11.8. The zero-order chi connectivity index (χ0) is 17.9. The Kier molecular flexibility index (Phi) is 4.25. The molecule has 2 aliphatic heterocycles. The summed E-state index contributed by atoms with van der Waals surface area (Å²) in [4.78, 5) is 14.4. The van der Waals surface area contributed by atoms with Crippen LogP contribution >= 0.6 is 39.3 Å². The first-order valence-electron chi connectivity index (χ1n) is 8.38. The normalized spacial score (nSPS) is 25.0. The van der Waals surface area contributed by atoms with Gasteiger partial charge in [-0.3, -0.25) is 4.79 Å². The minimum absolute atomic E-state index is 0.165. The molecule has 1 unspecified atom stereocenters. The van der Waals surface area contributed by atoms with E-state index in [1.165, 1.54) is 5.70 Å². The van der Waals surface area contributed by atoms with Crippen LogP contribution in [0, 0.1) is 5.41 Å². The van der Waals surface area contributed by atoms with E-state index >= 15 is 0 Å². The molecule has 0 aromatic heterocycles. The van der Waals surface area contributed by atoms with Crippen molar-refractivity contribution in [1.82, 2.24) is 5.32 Å². The van der Waals surface area contributed by atoms with Crippen molar-refractivity contribution in [3.8, 4) is 5.75 Å². The Labute approximate surface area is 165 Å². The van der Waals surface area contributed by atoms with Crippen LogP contribution in [0.5, 0.6) is 5.75 Å². The first kappa shape index (κ1) is 17.5. The van der Waals surface area contributed by atoms with Crippen molar-refractivity contribution in [3.05, 3.63) is 49.1 Å². The second-order valence-corrected chi connectivity index (χ2v) is 9.86. The Morgan fingerprint density at radius 2 is 2.08 bits per heavy atom. The Bertz CT molecular complexity index is 859. The van der Waals surface area contributed by atoms with E-state index in [-0.39, 0.29) is 22.9 Å². The molecule has 2 heterocycles. The fourth-order valence-corrected chi connectivity index (χ4v) is 5.99. The van der Waals surface area contributed by atoms with E-state index in [0.29, 0.717) is 15.1 Å². The van der Waals surface area contributed by atoms with Crippen LogP contribution in [0.25, 0.3) is 0 Å². The number of rotatable bonds is 1. The fourth-order valence-electron chi connectivity index (χ4n) is 3.89. The average Bonchev–Trinajstić information content (AvgIpc) is 3.01. The van der Waals surface area contributed by atoms with Crippen LogP contribution in [0.15, 0.2) is 38.5 Å². The van der Waals surface area contributed by atoms with E-state index in [2.05, 4.69) is 21.2 Å². The number of aromatic hydroxyl groups is 1. The summed E-state index contributed by atoms with van der Waals surface area (Å²) >= 11 is 11.4. The molecule has 132 valence electrons. The first-order valence-corrected chi connectivity index (χ1v) is 10.5. The van der Waals surface area contributed by atoms with Crippen LogP contribution in [-0.2, 0) is 4.79 Å². The lowest BCUT2D eigenvalue weighted by Crippen LogP contribution is -2.38. The number of thioether (sulfide) groups is 1. The molecule has 6 heteroatoms. The summed E-state index contributed by atoms with van der Waals surface area (Å²) in [5, 5.41) is 14.8. The molecule has 0 bridgehead atoms. The summed E-state index contributed by atoms with van der Waals surface area (Å²) in [7, 11) is 0. The highest BCUT2D eigenvalue weighted by Crippen LogP contribution is 2.54. The lowest BCUT2D eigenvalue weighted by atomic mass is 9.69. The van der Waals surface area contributed by atoms with Crippen molar-refractivity contribution in [2.75, 3.05) is 5.75 Å². The summed E-state index contributed by atoms with van der Waals surface area (Å²) in [5.74, 6) is 1.09. The zero-order valence-electron chi connectivity index (χ0n) is 14.1. The van der Waals surface area contributed by atoms with Gasteiger partial charge in [0.2, 0.25) is 0 Å². The minimum Gasteiger partial charge on any atom is -0.506 e. The standard InChI is InChI=1S/C19H19BrClNO2S/c1-19(2)5-3-12-15(18(19)24)14(17-13(22-12)4-6-25-17)10-7-9(21)8-11(20)16(10)23/h7-8,14,22-23H,3-6H2,1-2H3. The Balaban J connectivity index is 1.95. The second kappa shape index (κ2) is 6.07. The number of dihydropyridines is 1. The number of halogens is 2. The summed E-state index contributed by atoms with van der Waals surface area (Å²) in [6.45, 7) is 4.02. The number of hydrogen-bond acceptors (Lipinski definition) is 4. The van der Waals surface area contributed by atoms with Crippen LogP contribution < -0.4 is 5.32 Å². The largest absolute Gasteiger partial charge is 0.506 e. The van der Waals surface area contributed by atoms with E-state index in [1.807, 2.05) is 13.8 Å². The number of phenolic OH excluding ortho intramolecular Hbond substituents is 1. The van der Waals surface area contributed by atoms with Gasteiger partial charge in [0.1, 0.15) is 5.75 Å². The van der Waals surface area contributed by atoms with Gasteiger partial charge in [-0.05, 0) is 47.3 Å². The van der Waals surface area contributed by atoms with E-state index in [4.69, 9.17) is 11.6 Å². The molecule has 0 spiro atoms. The number of phenols is 1. The topological polar surface area (TPSA) is 49.3 Å². The number of carbonyl (C=O) groups excluding carboxylic acids is 1. The van der Waals surface area contributed by atoms with Crippen molar-refractivity contribution in [3.63, 3.8) is 0 Å². The molecule has 0 fully saturated rings. The van der Waals surface area contributed by atoms with E-state index in [1.54, 1.807) is 23.9 Å². The number of benzene rings is 1. The minimum atomic E-state index is -0.383. The number of hydrogen-bond donors (Lipinski definition) is 2. The third-order valence-electron chi connectivity index (χ3n) is 5.31. The highest BCUT2D eigenvalue weighted by Gasteiger charge is 2.45. The summed E-state index contributed by atoms with van der Waals surface area (Å²) in [6, 6.07) is 3.47.